The molecule has 1 aromatic carbocycles. The van der Waals surface area contributed by atoms with E-state index in [0.717, 1.165) is 28.8 Å². The van der Waals surface area contributed by atoms with Crippen LogP contribution in [-0.2, 0) is 11.2 Å². The van der Waals surface area contributed by atoms with Crippen LogP contribution in [0.3, 0.4) is 0 Å². The average molecular weight is 444 g/mol. The van der Waals surface area contributed by atoms with E-state index < -0.39 is 5.41 Å². The van der Waals surface area contributed by atoms with Gasteiger partial charge in [0.1, 0.15) is 0 Å². The minimum absolute atomic E-state index is 0.0511. The maximum absolute atomic E-state index is 13.5. The first-order valence-electron chi connectivity index (χ1n) is 11.2. The molecule has 1 saturated heterocycles. The second-order valence-electron chi connectivity index (χ2n) is 8.59. The Morgan fingerprint density at radius 2 is 2.09 bits per heavy atom. The van der Waals surface area contributed by atoms with E-state index in [2.05, 4.69) is 39.2 Å². The molecule has 0 aliphatic carbocycles. The number of carbonyl (C=O) groups excluding carboxylic acids is 2. The Kier molecular flexibility index (Phi) is 6.68. The number of benzene rings is 1. The van der Waals surface area contributed by atoms with Gasteiger partial charge in [0.05, 0.1) is 17.2 Å². The Labute approximate surface area is 193 Å². The minimum atomic E-state index is -0.743. The van der Waals surface area contributed by atoms with Crippen molar-refractivity contribution in [1.29, 1.82) is 0 Å². The third-order valence-electron chi connectivity index (χ3n) is 6.33. The highest BCUT2D eigenvalue weighted by atomic mass is 16.2. The van der Waals surface area contributed by atoms with E-state index in [1.165, 1.54) is 0 Å². The number of H-pyrrole nitrogens is 1. The first kappa shape index (κ1) is 22.5. The number of pyridine rings is 1. The number of likely N-dealkylation sites (tertiary alicyclic amines) is 1. The highest BCUT2D eigenvalue weighted by Crippen LogP contribution is 2.37. The monoisotopic (exact) mass is 443 g/mol. The molecule has 1 fully saturated rings. The number of rotatable bonds is 7. The van der Waals surface area contributed by atoms with Gasteiger partial charge in [-0.15, -0.1) is 6.58 Å². The van der Waals surface area contributed by atoms with Gasteiger partial charge in [0.15, 0.2) is 0 Å². The Hall–Kier alpha value is -3.74. The number of carbonyl (C=O) groups is 2. The SMILES string of the molecule is C=CCNC(=O)[C@]1(Cc2ccccc2-c2cccnc2)CCCN(C(=O)c2cn[nH]c2C)C1. The summed E-state index contributed by atoms with van der Waals surface area (Å²) in [5.74, 6) is -0.146. The van der Waals surface area contributed by atoms with Crippen molar-refractivity contribution < 1.29 is 9.59 Å². The Morgan fingerprint density at radius 3 is 2.82 bits per heavy atom. The molecule has 2 amide bonds. The Balaban J connectivity index is 1.69. The van der Waals surface area contributed by atoms with Crippen molar-refractivity contribution in [3.05, 3.63) is 84.5 Å². The van der Waals surface area contributed by atoms with Gasteiger partial charge in [-0.3, -0.25) is 19.7 Å². The molecular formula is C26H29N5O2. The summed E-state index contributed by atoms with van der Waals surface area (Å²) < 4.78 is 0. The zero-order valence-electron chi connectivity index (χ0n) is 18.9. The Bertz CT molecular complexity index is 1140. The normalized spacial score (nSPS) is 18.0. The molecule has 2 N–H and O–H groups in total. The predicted octanol–water partition coefficient (Wildman–Crippen LogP) is 3.55. The van der Waals surface area contributed by atoms with Crippen LogP contribution in [0.1, 0.15) is 34.5 Å². The van der Waals surface area contributed by atoms with E-state index in [1.54, 1.807) is 23.4 Å². The standard InChI is InChI=1S/C26H29N5O2/c1-3-12-28-25(33)26(11-7-14-31(18-26)24(32)23-17-29-30-19(23)2)15-20-8-4-5-10-22(20)21-9-6-13-27-16-21/h3-6,8-10,13,16-17H,1,7,11-12,14-15,18H2,2H3,(H,28,33)(H,29,30)/t26-/m0/s1. The van der Waals surface area contributed by atoms with E-state index in [1.807, 2.05) is 37.4 Å². The van der Waals surface area contributed by atoms with Gasteiger partial charge in [0.25, 0.3) is 5.91 Å². The maximum atomic E-state index is 13.5. The van der Waals surface area contributed by atoms with Gasteiger partial charge in [-0.05, 0) is 43.4 Å². The molecule has 0 spiro atoms. The molecule has 0 bridgehead atoms. The number of nitrogens with one attached hydrogen (secondary N) is 2. The second kappa shape index (κ2) is 9.81. The molecule has 7 nitrogen and oxygen atoms in total. The van der Waals surface area contributed by atoms with Crippen LogP contribution in [0.4, 0.5) is 0 Å². The van der Waals surface area contributed by atoms with Gasteiger partial charge in [-0.25, -0.2) is 0 Å². The quantitative estimate of drug-likeness (QED) is 0.547. The summed E-state index contributed by atoms with van der Waals surface area (Å²) in [4.78, 5) is 32.8. The predicted molar refractivity (Wildman–Crippen MR) is 127 cm³/mol. The molecular weight excluding hydrogens is 414 g/mol. The summed E-state index contributed by atoms with van der Waals surface area (Å²) in [5, 5.41) is 9.83. The van der Waals surface area contributed by atoms with Gasteiger partial charge >= 0.3 is 0 Å². The lowest BCUT2D eigenvalue weighted by Gasteiger charge is -2.42. The number of aromatic nitrogens is 3. The lowest BCUT2D eigenvalue weighted by atomic mass is 9.73. The van der Waals surface area contributed by atoms with Crippen molar-refractivity contribution in [2.24, 2.45) is 5.41 Å². The fourth-order valence-corrected chi connectivity index (χ4v) is 4.65. The average Bonchev–Trinajstić information content (AvgIpc) is 3.28. The number of piperidine rings is 1. The maximum Gasteiger partial charge on any atom is 0.257 e. The van der Waals surface area contributed by atoms with E-state index in [9.17, 15) is 9.59 Å². The molecule has 0 radical (unpaired) electrons. The second-order valence-corrected chi connectivity index (χ2v) is 8.59. The number of amides is 2. The van der Waals surface area contributed by atoms with Gasteiger partial charge in [-0.1, -0.05) is 36.4 Å². The summed E-state index contributed by atoms with van der Waals surface area (Å²) in [7, 11) is 0. The summed E-state index contributed by atoms with van der Waals surface area (Å²) in [6, 6.07) is 12.0. The largest absolute Gasteiger partial charge is 0.352 e. The summed E-state index contributed by atoms with van der Waals surface area (Å²) in [6.07, 6.45) is 8.79. The molecule has 1 atom stereocenters. The van der Waals surface area contributed by atoms with Crippen molar-refractivity contribution in [3.8, 4) is 11.1 Å². The van der Waals surface area contributed by atoms with Crippen LogP contribution in [0.25, 0.3) is 11.1 Å². The van der Waals surface area contributed by atoms with E-state index in [-0.39, 0.29) is 11.8 Å². The van der Waals surface area contributed by atoms with E-state index in [4.69, 9.17) is 0 Å². The smallest absolute Gasteiger partial charge is 0.257 e. The first-order valence-corrected chi connectivity index (χ1v) is 11.2. The molecule has 3 aromatic rings. The Morgan fingerprint density at radius 1 is 1.24 bits per heavy atom. The van der Waals surface area contributed by atoms with Gasteiger partial charge in [0, 0.05) is 43.3 Å². The molecule has 1 aliphatic heterocycles. The molecule has 33 heavy (non-hydrogen) atoms. The molecule has 2 aromatic heterocycles. The van der Waals surface area contributed by atoms with Gasteiger partial charge in [0.2, 0.25) is 5.91 Å². The van der Waals surface area contributed by atoms with E-state index >= 15 is 0 Å². The number of hydrogen-bond acceptors (Lipinski definition) is 4. The zero-order valence-corrected chi connectivity index (χ0v) is 18.9. The number of hydrogen-bond donors (Lipinski definition) is 2. The van der Waals surface area contributed by atoms with Crippen LogP contribution >= 0.6 is 0 Å². The molecule has 170 valence electrons. The fraction of sp³-hybridized carbons (Fsp3) is 0.308. The lowest BCUT2D eigenvalue weighted by Crippen LogP contribution is -2.54. The molecule has 0 saturated carbocycles. The van der Waals surface area contributed by atoms with Crippen LogP contribution in [0.5, 0.6) is 0 Å². The third kappa shape index (κ3) is 4.72. The minimum Gasteiger partial charge on any atom is -0.352 e. The fourth-order valence-electron chi connectivity index (χ4n) is 4.65. The molecule has 4 rings (SSSR count). The van der Waals surface area contributed by atoms with Gasteiger partial charge in [-0.2, -0.15) is 5.10 Å². The molecule has 3 heterocycles. The molecule has 0 unspecified atom stereocenters. The van der Waals surface area contributed by atoms with Gasteiger partial charge < -0.3 is 10.2 Å². The van der Waals surface area contributed by atoms with Crippen LogP contribution in [0, 0.1) is 12.3 Å². The van der Waals surface area contributed by atoms with Crippen LogP contribution in [0.15, 0.2) is 67.6 Å². The zero-order chi connectivity index (χ0) is 23.3. The lowest BCUT2D eigenvalue weighted by molar-refractivity contribution is -0.133. The number of aryl methyl sites for hydroxylation is 1. The van der Waals surface area contributed by atoms with Crippen LogP contribution in [0.2, 0.25) is 0 Å². The van der Waals surface area contributed by atoms with Crippen molar-refractivity contribution in [2.45, 2.75) is 26.2 Å². The topological polar surface area (TPSA) is 91.0 Å². The first-order chi connectivity index (χ1) is 16.0. The highest BCUT2D eigenvalue weighted by molar-refractivity contribution is 5.96. The summed E-state index contributed by atoms with van der Waals surface area (Å²) in [6.45, 7) is 6.91. The van der Waals surface area contributed by atoms with Crippen molar-refractivity contribution in [2.75, 3.05) is 19.6 Å². The van der Waals surface area contributed by atoms with Crippen LogP contribution in [-0.4, -0.2) is 51.5 Å². The number of aromatic amines is 1. The van der Waals surface area contributed by atoms with Crippen molar-refractivity contribution in [3.63, 3.8) is 0 Å². The van der Waals surface area contributed by atoms with Crippen molar-refractivity contribution in [1.82, 2.24) is 25.4 Å². The summed E-state index contributed by atoms with van der Waals surface area (Å²) >= 11 is 0. The molecule has 7 heteroatoms. The van der Waals surface area contributed by atoms with Crippen LogP contribution < -0.4 is 5.32 Å². The molecule has 1 aliphatic rings. The number of nitrogens with zero attached hydrogens (tertiary/aromatic N) is 3. The summed E-state index contributed by atoms with van der Waals surface area (Å²) in [5.41, 5.74) is 3.66. The third-order valence-corrected chi connectivity index (χ3v) is 6.33. The van der Waals surface area contributed by atoms with Crippen molar-refractivity contribution >= 4 is 11.8 Å². The van der Waals surface area contributed by atoms with E-state index in [0.29, 0.717) is 38.0 Å². The highest BCUT2D eigenvalue weighted by Gasteiger charge is 2.44.